The lowest BCUT2D eigenvalue weighted by atomic mass is 10.0. The highest BCUT2D eigenvalue weighted by Crippen LogP contribution is 2.24. The Balaban J connectivity index is 2.04. The first-order valence-electron chi connectivity index (χ1n) is 5.49. The molecule has 1 aliphatic rings. The molecule has 1 atom stereocenters. The molecule has 17 heavy (non-hydrogen) atoms. The molecule has 1 fully saturated rings. The standard InChI is InChI=1S/C12H15BrN2O2/c13-10-4-2-1-3-9(10)7-15-6-5-12(14,8-15)11(16)17/h1-4H,5-8,14H2,(H,16,17). The van der Waals surface area contributed by atoms with E-state index in [1.54, 1.807) is 0 Å². The minimum atomic E-state index is -1.08. The Bertz CT molecular complexity index is 438. The van der Waals surface area contributed by atoms with E-state index in [1.807, 2.05) is 24.3 Å². The Morgan fingerprint density at radius 3 is 2.82 bits per heavy atom. The summed E-state index contributed by atoms with van der Waals surface area (Å²) in [5.41, 5.74) is 5.90. The van der Waals surface area contributed by atoms with Crippen LogP contribution in [0.15, 0.2) is 28.7 Å². The molecule has 0 aromatic heterocycles. The van der Waals surface area contributed by atoms with Crippen LogP contribution in [0.3, 0.4) is 0 Å². The smallest absolute Gasteiger partial charge is 0.325 e. The summed E-state index contributed by atoms with van der Waals surface area (Å²) in [7, 11) is 0. The van der Waals surface area contributed by atoms with Gasteiger partial charge in [-0.15, -0.1) is 0 Å². The molecule has 1 aromatic rings. The SMILES string of the molecule is NC1(C(=O)O)CCN(Cc2ccccc2Br)C1. The van der Waals surface area contributed by atoms with Crippen molar-refractivity contribution in [1.82, 2.24) is 4.90 Å². The minimum absolute atomic E-state index is 0.406. The van der Waals surface area contributed by atoms with Crippen LogP contribution in [-0.4, -0.2) is 34.6 Å². The predicted octanol–water partition coefficient (Wildman–Crippen LogP) is 1.44. The molecule has 4 nitrogen and oxygen atoms in total. The molecule has 0 radical (unpaired) electrons. The molecule has 1 heterocycles. The maximum atomic E-state index is 11.0. The van der Waals surface area contributed by atoms with Gasteiger partial charge in [0.15, 0.2) is 0 Å². The molecule has 0 aliphatic carbocycles. The van der Waals surface area contributed by atoms with Crippen LogP contribution < -0.4 is 5.73 Å². The van der Waals surface area contributed by atoms with Crippen LogP contribution in [0, 0.1) is 0 Å². The molecule has 1 aromatic carbocycles. The molecule has 1 unspecified atom stereocenters. The first-order valence-corrected chi connectivity index (χ1v) is 6.29. The minimum Gasteiger partial charge on any atom is -0.480 e. The highest BCUT2D eigenvalue weighted by Gasteiger charge is 2.41. The fraction of sp³-hybridized carbons (Fsp3) is 0.417. The van der Waals surface area contributed by atoms with Crippen LogP contribution in [0.2, 0.25) is 0 Å². The largest absolute Gasteiger partial charge is 0.480 e. The van der Waals surface area contributed by atoms with Crippen molar-refractivity contribution in [3.05, 3.63) is 34.3 Å². The van der Waals surface area contributed by atoms with Crippen LogP contribution in [0.5, 0.6) is 0 Å². The third-order valence-corrected chi connectivity index (χ3v) is 3.93. The molecule has 92 valence electrons. The zero-order chi connectivity index (χ0) is 12.5. The molecular formula is C12H15BrN2O2. The van der Waals surface area contributed by atoms with Gasteiger partial charge < -0.3 is 10.8 Å². The summed E-state index contributed by atoms with van der Waals surface area (Å²) in [6, 6.07) is 7.95. The van der Waals surface area contributed by atoms with Crippen molar-refractivity contribution in [2.45, 2.75) is 18.5 Å². The predicted molar refractivity (Wildman–Crippen MR) is 68.6 cm³/mol. The Morgan fingerprint density at radius 1 is 1.53 bits per heavy atom. The number of benzene rings is 1. The van der Waals surface area contributed by atoms with Gasteiger partial charge in [0.1, 0.15) is 5.54 Å². The van der Waals surface area contributed by atoms with E-state index >= 15 is 0 Å². The molecule has 3 N–H and O–H groups in total. The van der Waals surface area contributed by atoms with E-state index in [1.165, 1.54) is 0 Å². The van der Waals surface area contributed by atoms with E-state index in [4.69, 9.17) is 10.8 Å². The van der Waals surface area contributed by atoms with E-state index in [0.29, 0.717) is 13.0 Å². The third kappa shape index (κ3) is 2.68. The normalized spacial score (nSPS) is 25.1. The fourth-order valence-corrected chi connectivity index (χ4v) is 2.50. The lowest BCUT2D eigenvalue weighted by molar-refractivity contribution is -0.142. The molecule has 0 bridgehead atoms. The van der Waals surface area contributed by atoms with Gasteiger partial charge in [-0.05, 0) is 18.1 Å². The number of hydrogen-bond donors (Lipinski definition) is 2. The summed E-state index contributed by atoms with van der Waals surface area (Å²) in [6.07, 6.45) is 0.507. The molecule has 2 rings (SSSR count). The van der Waals surface area contributed by atoms with Crippen LogP contribution in [0.4, 0.5) is 0 Å². The Labute approximate surface area is 109 Å². The molecule has 1 aliphatic heterocycles. The van der Waals surface area contributed by atoms with Gasteiger partial charge in [0.05, 0.1) is 0 Å². The summed E-state index contributed by atoms with van der Waals surface area (Å²) in [5.74, 6) is -0.910. The third-order valence-electron chi connectivity index (χ3n) is 3.16. The molecule has 0 amide bonds. The molecular weight excluding hydrogens is 284 g/mol. The number of hydrogen-bond acceptors (Lipinski definition) is 3. The zero-order valence-corrected chi connectivity index (χ0v) is 11.0. The molecule has 0 saturated carbocycles. The van der Waals surface area contributed by atoms with Gasteiger partial charge >= 0.3 is 5.97 Å². The van der Waals surface area contributed by atoms with Gasteiger partial charge in [0, 0.05) is 24.1 Å². The summed E-state index contributed by atoms with van der Waals surface area (Å²) in [6.45, 7) is 1.86. The zero-order valence-electron chi connectivity index (χ0n) is 9.40. The summed E-state index contributed by atoms with van der Waals surface area (Å²) in [5, 5.41) is 9.05. The number of carboxylic acids is 1. The van der Waals surface area contributed by atoms with Gasteiger partial charge in [-0.3, -0.25) is 9.69 Å². The summed E-state index contributed by atoms with van der Waals surface area (Å²) >= 11 is 3.49. The van der Waals surface area contributed by atoms with Crippen molar-refractivity contribution >= 4 is 21.9 Å². The van der Waals surface area contributed by atoms with Crippen molar-refractivity contribution < 1.29 is 9.90 Å². The second-order valence-electron chi connectivity index (χ2n) is 4.51. The number of rotatable bonds is 3. The Kier molecular flexibility index (Phi) is 3.51. The molecule has 0 spiro atoms. The number of nitrogens with zero attached hydrogens (tertiary/aromatic N) is 1. The summed E-state index contributed by atoms with van der Waals surface area (Å²) in [4.78, 5) is 13.1. The number of carboxylic acid groups (broad SMARTS) is 1. The second-order valence-corrected chi connectivity index (χ2v) is 5.37. The number of halogens is 1. The maximum absolute atomic E-state index is 11.0. The number of likely N-dealkylation sites (tertiary alicyclic amines) is 1. The number of carbonyl (C=O) groups is 1. The second kappa shape index (κ2) is 4.76. The van der Waals surface area contributed by atoms with E-state index in [2.05, 4.69) is 20.8 Å². The summed E-state index contributed by atoms with van der Waals surface area (Å²) < 4.78 is 1.05. The highest BCUT2D eigenvalue weighted by molar-refractivity contribution is 9.10. The van der Waals surface area contributed by atoms with Crippen molar-refractivity contribution in [1.29, 1.82) is 0 Å². The van der Waals surface area contributed by atoms with Crippen molar-refractivity contribution in [3.63, 3.8) is 0 Å². The van der Waals surface area contributed by atoms with Crippen LogP contribution >= 0.6 is 15.9 Å². The van der Waals surface area contributed by atoms with Crippen molar-refractivity contribution in [3.8, 4) is 0 Å². The highest BCUT2D eigenvalue weighted by atomic mass is 79.9. The van der Waals surface area contributed by atoms with E-state index in [-0.39, 0.29) is 0 Å². The van der Waals surface area contributed by atoms with Crippen molar-refractivity contribution in [2.24, 2.45) is 5.73 Å². The van der Waals surface area contributed by atoms with Gasteiger partial charge in [-0.25, -0.2) is 0 Å². The monoisotopic (exact) mass is 298 g/mol. The van der Waals surface area contributed by atoms with Crippen LogP contribution in [0.25, 0.3) is 0 Å². The Hall–Kier alpha value is -0.910. The van der Waals surface area contributed by atoms with E-state index in [9.17, 15) is 4.79 Å². The molecule has 1 saturated heterocycles. The Morgan fingerprint density at radius 2 is 2.24 bits per heavy atom. The van der Waals surface area contributed by atoms with Crippen LogP contribution in [-0.2, 0) is 11.3 Å². The molecule has 5 heteroatoms. The average Bonchev–Trinajstić information content (AvgIpc) is 2.65. The van der Waals surface area contributed by atoms with Crippen LogP contribution in [0.1, 0.15) is 12.0 Å². The average molecular weight is 299 g/mol. The van der Waals surface area contributed by atoms with Crippen molar-refractivity contribution in [2.75, 3.05) is 13.1 Å². The first kappa shape index (κ1) is 12.5. The van der Waals surface area contributed by atoms with Gasteiger partial charge in [-0.2, -0.15) is 0 Å². The number of aliphatic carboxylic acids is 1. The topological polar surface area (TPSA) is 66.6 Å². The van der Waals surface area contributed by atoms with Gasteiger partial charge in [0.2, 0.25) is 0 Å². The first-order chi connectivity index (χ1) is 8.01. The van der Waals surface area contributed by atoms with Gasteiger partial charge in [0.25, 0.3) is 0 Å². The fourth-order valence-electron chi connectivity index (χ4n) is 2.09. The van der Waals surface area contributed by atoms with E-state index < -0.39 is 11.5 Å². The van der Waals surface area contributed by atoms with E-state index in [0.717, 1.165) is 23.1 Å². The quantitative estimate of drug-likeness (QED) is 0.886. The lowest BCUT2D eigenvalue weighted by Crippen LogP contribution is -2.50. The maximum Gasteiger partial charge on any atom is 0.325 e. The number of nitrogens with two attached hydrogens (primary N) is 1. The van der Waals surface area contributed by atoms with Gasteiger partial charge in [-0.1, -0.05) is 34.1 Å². The lowest BCUT2D eigenvalue weighted by Gasteiger charge is -2.20.